The molecule has 1 unspecified atom stereocenters. The molecule has 0 saturated heterocycles. The van der Waals surface area contributed by atoms with Crippen LogP contribution in [0.4, 0.5) is 11.4 Å². The summed E-state index contributed by atoms with van der Waals surface area (Å²) < 4.78 is 0. The van der Waals surface area contributed by atoms with Gasteiger partial charge in [-0.3, -0.25) is 19.3 Å². The minimum atomic E-state index is -0.860. The van der Waals surface area contributed by atoms with Crippen molar-refractivity contribution in [2.45, 2.75) is 26.3 Å². The quantitative estimate of drug-likeness (QED) is 0.781. The third kappa shape index (κ3) is 3.76. The molecule has 0 saturated carbocycles. The Morgan fingerprint density at radius 2 is 1.50 bits per heavy atom. The number of nitrogens with zero attached hydrogens (tertiary/aromatic N) is 2. The summed E-state index contributed by atoms with van der Waals surface area (Å²) in [6.45, 7) is 3.93. The van der Waals surface area contributed by atoms with Crippen molar-refractivity contribution in [3.05, 3.63) is 59.7 Å². The van der Waals surface area contributed by atoms with E-state index in [1.807, 2.05) is 57.1 Å². The fraction of sp³-hybridized carbons (Fsp3) is 0.318. The molecule has 2 aromatic carbocycles. The van der Waals surface area contributed by atoms with Crippen molar-refractivity contribution in [2.24, 2.45) is 5.92 Å². The second-order valence-electron chi connectivity index (χ2n) is 7.60. The van der Waals surface area contributed by atoms with Crippen molar-refractivity contribution in [3.63, 3.8) is 0 Å². The maximum absolute atomic E-state index is 13.0. The van der Waals surface area contributed by atoms with Crippen LogP contribution in [0.2, 0.25) is 0 Å². The fourth-order valence-electron chi connectivity index (χ4n) is 3.34. The van der Waals surface area contributed by atoms with Gasteiger partial charge in [0, 0.05) is 25.5 Å². The maximum atomic E-state index is 13.0. The monoisotopic (exact) mass is 379 g/mol. The molecule has 0 bridgehead atoms. The van der Waals surface area contributed by atoms with E-state index >= 15 is 0 Å². The highest BCUT2D eigenvalue weighted by Crippen LogP contribution is 2.27. The Bertz CT molecular complexity index is 868. The molecule has 0 aliphatic carbocycles. The van der Waals surface area contributed by atoms with E-state index in [1.165, 1.54) is 0 Å². The average molecular weight is 379 g/mol. The van der Waals surface area contributed by atoms with Gasteiger partial charge >= 0.3 is 0 Å². The predicted molar refractivity (Wildman–Crippen MR) is 110 cm³/mol. The number of hydrogen-bond acceptors (Lipinski definition) is 4. The Morgan fingerprint density at radius 1 is 0.964 bits per heavy atom. The summed E-state index contributed by atoms with van der Waals surface area (Å²) in [4.78, 5) is 41.8. The van der Waals surface area contributed by atoms with Gasteiger partial charge in [0.15, 0.2) is 0 Å². The first-order valence-electron chi connectivity index (χ1n) is 9.34. The van der Waals surface area contributed by atoms with Crippen molar-refractivity contribution in [2.75, 3.05) is 24.3 Å². The average Bonchev–Trinajstić information content (AvgIpc) is 2.91. The fourth-order valence-corrected chi connectivity index (χ4v) is 3.34. The molecule has 3 rings (SSSR count). The van der Waals surface area contributed by atoms with Gasteiger partial charge in [-0.15, -0.1) is 0 Å². The van der Waals surface area contributed by atoms with E-state index in [1.54, 1.807) is 24.3 Å². The maximum Gasteiger partial charge on any atom is 0.262 e. The number of carbonyl (C=O) groups excluding carboxylic acids is 3. The van der Waals surface area contributed by atoms with Crippen molar-refractivity contribution in [3.8, 4) is 0 Å². The minimum absolute atomic E-state index is 0.135. The van der Waals surface area contributed by atoms with E-state index in [2.05, 4.69) is 5.32 Å². The van der Waals surface area contributed by atoms with E-state index in [0.717, 1.165) is 10.6 Å². The Hall–Kier alpha value is -3.15. The summed E-state index contributed by atoms with van der Waals surface area (Å²) in [5.41, 5.74) is 2.34. The van der Waals surface area contributed by atoms with Gasteiger partial charge in [-0.1, -0.05) is 26.0 Å². The van der Waals surface area contributed by atoms with Gasteiger partial charge in [-0.05, 0) is 48.7 Å². The zero-order valence-corrected chi connectivity index (χ0v) is 16.6. The van der Waals surface area contributed by atoms with Crippen molar-refractivity contribution in [1.29, 1.82) is 0 Å². The van der Waals surface area contributed by atoms with Crippen LogP contribution in [-0.4, -0.2) is 42.8 Å². The molecule has 6 nitrogen and oxygen atoms in total. The third-order valence-electron chi connectivity index (χ3n) is 4.79. The van der Waals surface area contributed by atoms with Crippen LogP contribution in [-0.2, 0) is 4.79 Å². The lowest BCUT2D eigenvalue weighted by Gasteiger charge is -2.27. The van der Waals surface area contributed by atoms with Gasteiger partial charge in [0.25, 0.3) is 11.8 Å². The third-order valence-corrected chi connectivity index (χ3v) is 4.79. The van der Waals surface area contributed by atoms with Gasteiger partial charge < -0.3 is 10.2 Å². The number of benzene rings is 2. The topological polar surface area (TPSA) is 69.7 Å². The predicted octanol–water partition coefficient (Wildman–Crippen LogP) is 3.40. The molecule has 0 radical (unpaired) electrons. The van der Waals surface area contributed by atoms with Gasteiger partial charge in [0.2, 0.25) is 5.91 Å². The van der Waals surface area contributed by atoms with E-state index in [4.69, 9.17) is 0 Å². The van der Waals surface area contributed by atoms with Crippen molar-refractivity contribution in [1.82, 2.24) is 4.90 Å². The number of fused-ring (bicyclic) bond motifs is 1. The summed E-state index contributed by atoms with van der Waals surface area (Å²) in [6, 6.07) is 13.2. The van der Waals surface area contributed by atoms with E-state index in [-0.39, 0.29) is 11.8 Å². The standard InChI is InChI=1S/C22H25N3O3/c1-14(2)13-19(20(26)23-15-9-11-16(12-10-15)24(3)4)25-21(27)17-7-5-6-8-18(17)22(25)28/h5-12,14,19H,13H2,1-4H3,(H,23,26). The summed E-state index contributed by atoms with van der Waals surface area (Å²) >= 11 is 0. The summed E-state index contributed by atoms with van der Waals surface area (Å²) in [5.74, 6) is -1.05. The first-order valence-corrected chi connectivity index (χ1v) is 9.34. The SMILES string of the molecule is CC(C)CC(C(=O)Nc1ccc(N(C)C)cc1)N1C(=O)c2ccccc2C1=O. The molecule has 0 fully saturated rings. The lowest BCUT2D eigenvalue weighted by molar-refractivity contribution is -0.120. The van der Waals surface area contributed by atoms with Gasteiger partial charge in [-0.25, -0.2) is 0 Å². The zero-order chi connectivity index (χ0) is 20.4. The van der Waals surface area contributed by atoms with E-state index < -0.39 is 17.9 Å². The molecule has 1 aliphatic rings. The van der Waals surface area contributed by atoms with Crippen LogP contribution in [0.1, 0.15) is 41.0 Å². The van der Waals surface area contributed by atoms with Crippen molar-refractivity contribution < 1.29 is 14.4 Å². The highest BCUT2D eigenvalue weighted by molar-refractivity contribution is 6.23. The molecular weight excluding hydrogens is 354 g/mol. The second kappa shape index (κ2) is 7.84. The van der Waals surface area contributed by atoms with Crippen LogP contribution >= 0.6 is 0 Å². The molecule has 28 heavy (non-hydrogen) atoms. The number of amides is 3. The molecule has 1 heterocycles. The second-order valence-corrected chi connectivity index (χ2v) is 7.60. The number of carbonyl (C=O) groups is 3. The Kier molecular flexibility index (Phi) is 5.49. The van der Waals surface area contributed by atoms with Gasteiger partial charge in [0.05, 0.1) is 11.1 Å². The molecule has 6 heteroatoms. The first-order chi connectivity index (χ1) is 13.3. The van der Waals surface area contributed by atoms with Gasteiger partial charge in [0.1, 0.15) is 6.04 Å². The van der Waals surface area contributed by atoms with E-state index in [9.17, 15) is 14.4 Å². The normalized spacial score (nSPS) is 14.2. The first kappa shape index (κ1) is 19.6. The van der Waals surface area contributed by atoms with Crippen LogP contribution < -0.4 is 10.2 Å². The molecule has 146 valence electrons. The smallest absolute Gasteiger partial charge is 0.262 e. The van der Waals surface area contributed by atoms with Gasteiger partial charge in [-0.2, -0.15) is 0 Å². The molecule has 1 aliphatic heterocycles. The largest absolute Gasteiger partial charge is 0.378 e. The van der Waals surface area contributed by atoms with Crippen LogP contribution in [0.15, 0.2) is 48.5 Å². The summed E-state index contributed by atoms with van der Waals surface area (Å²) in [7, 11) is 3.88. The molecule has 2 aromatic rings. The number of rotatable bonds is 6. The highest BCUT2D eigenvalue weighted by atomic mass is 16.2. The minimum Gasteiger partial charge on any atom is -0.378 e. The summed E-state index contributed by atoms with van der Waals surface area (Å²) in [6.07, 6.45) is 0.396. The Balaban J connectivity index is 1.85. The Morgan fingerprint density at radius 3 is 1.96 bits per heavy atom. The number of anilines is 2. The molecule has 0 aromatic heterocycles. The highest BCUT2D eigenvalue weighted by Gasteiger charge is 2.42. The van der Waals surface area contributed by atoms with Crippen molar-refractivity contribution >= 4 is 29.1 Å². The number of imide groups is 1. The molecule has 1 N–H and O–H groups in total. The van der Waals surface area contributed by atoms with Crippen LogP contribution in [0.3, 0.4) is 0 Å². The molecular formula is C22H25N3O3. The van der Waals surface area contributed by atoms with E-state index in [0.29, 0.717) is 23.2 Å². The lowest BCUT2D eigenvalue weighted by Crippen LogP contribution is -2.47. The van der Waals surface area contributed by atoms with Crippen LogP contribution in [0.25, 0.3) is 0 Å². The number of hydrogen-bond donors (Lipinski definition) is 1. The molecule has 3 amide bonds. The van der Waals surface area contributed by atoms with Crippen LogP contribution in [0, 0.1) is 5.92 Å². The molecule has 1 atom stereocenters. The summed E-state index contributed by atoms with van der Waals surface area (Å²) in [5, 5.41) is 2.85. The number of nitrogens with one attached hydrogen (secondary N) is 1. The lowest BCUT2D eigenvalue weighted by atomic mass is 10.0. The molecule has 0 spiro atoms. The zero-order valence-electron chi connectivity index (χ0n) is 16.6. The Labute approximate surface area is 165 Å². The van der Waals surface area contributed by atoms with Crippen LogP contribution in [0.5, 0.6) is 0 Å².